The fraction of sp³-hybridized carbons (Fsp3) is 0.429. The Morgan fingerprint density at radius 2 is 1.82 bits per heavy atom. The molecule has 0 aliphatic carbocycles. The molecular weight excluding hydrogens is 384 g/mol. The minimum absolute atomic E-state index is 0.466. The van der Waals surface area contributed by atoms with Gasteiger partial charge in [0.1, 0.15) is 36.3 Å². The Labute approximate surface area is 168 Å². The summed E-state index contributed by atoms with van der Waals surface area (Å²) in [5, 5.41) is 40.3. The minimum Gasteiger partial charge on any atom is -0.494 e. The average Bonchev–Trinajstić information content (AvgIpc) is 2.69. The number of aliphatic hydroxyl groups is 4. The van der Waals surface area contributed by atoms with Crippen molar-refractivity contribution in [1.82, 2.24) is 0 Å². The molecule has 1 aliphatic heterocycles. The van der Waals surface area contributed by atoms with Crippen LogP contribution in [0.4, 0.5) is 0 Å². The number of ether oxygens (including phenoxy) is 2. The van der Waals surface area contributed by atoms with Gasteiger partial charge in [-0.15, -0.1) is 0 Å². The second kappa shape index (κ2) is 9.22. The molecule has 152 valence electrons. The molecule has 5 atom stereocenters. The molecule has 0 saturated carbocycles. The number of halogens is 1. The second-order valence-corrected chi connectivity index (χ2v) is 7.26. The van der Waals surface area contributed by atoms with Gasteiger partial charge in [-0.25, -0.2) is 0 Å². The summed E-state index contributed by atoms with van der Waals surface area (Å²) in [5.41, 5.74) is 2.45. The molecule has 6 nitrogen and oxygen atoms in total. The molecule has 28 heavy (non-hydrogen) atoms. The van der Waals surface area contributed by atoms with E-state index >= 15 is 0 Å². The largest absolute Gasteiger partial charge is 0.494 e. The predicted molar refractivity (Wildman–Crippen MR) is 105 cm³/mol. The van der Waals surface area contributed by atoms with E-state index in [1.54, 1.807) is 12.1 Å². The first-order chi connectivity index (χ1) is 13.4. The fourth-order valence-electron chi connectivity index (χ4n) is 3.42. The monoisotopic (exact) mass is 408 g/mol. The van der Waals surface area contributed by atoms with Crippen molar-refractivity contribution >= 4 is 11.6 Å². The Balaban J connectivity index is 1.86. The van der Waals surface area contributed by atoms with Crippen molar-refractivity contribution < 1.29 is 29.9 Å². The van der Waals surface area contributed by atoms with Crippen molar-refractivity contribution in [3.63, 3.8) is 0 Å². The molecule has 0 spiro atoms. The van der Waals surface area contributed by atoms with E-state index in [1.807, 2.05) is 37.3 Å². The van der Waals surface area contributed by atoms with E-state index in [0.29, 0.717) is 23.6 Å². The van der Waals surface area contributed by atoms with Gasteiger partial charge in [-0.2, -0.15) is 0 Å². The summed E-state index contributed by atoms with van der Waals surface area (Å²) in [4.78, 5) is 0. The molecule has 0 unspecified atom stereocenters. The lowest BCUT2D eigenvalue weighted by Gasteiger charge is -2.40. The summed E-state index contributed by atoms with van der Waals surface area (Å²) in [7, 11) is 0. The van der Waals surface area contributed by atoms with Crippen molar-refractivity contribution in [2.45, 2.75) is 43.9 Å². The molecule has 1 aliphatic rings. The highest BCUT2D eigenvalue weighted by atomic mass is 35.5. The number of hydrogen-bond donors (Lipinski definition) is 4. The fourth-order valence-corrected chi connectivity index (χ4v) is 3.60. The van der Waals surface area contributed by atoms with Gasteiger partial charge >= 0.3 is 0 Å². The zero-order chi connectivity index (χ0) is 20.3. The van der Waals surface area contributed by atoms with Crippen LogP contribution in [0.25, 0.3) is 0 Å². The van der Waals surface area contributed by atoms with E-state index in [9.17, 15) is 20.4 Å². The maximum atomic E-state index is 10.4. The van der Waals surface area contributed by atoms with Crippen molar-refractivity contribution in [3.8, 4) is 5.75 Å². The number of hydrogen-bond acceptors (Lipinski definition) is 6. The highest BCUT2D eigenvalue weighted by molar-refractivity contribution is 6.31. The van der Waals surface area contributed by atoms with Crippen molar-refractivity contribution in [2.24, 2.45) is 0 Å². The van der Waals surface area contributed by atoms with Gasteiger partial charge in [0.05, 0.1) is 13.2 Å². The van der Waals surface area contributed by atoms with Crippen LogP contribution in [0, 0.1) is 0 Å². The van der Waals surface area contributed by atoms with E-state index in [1.165, 1.54) is 0 Å². The summed E-state index contributed by atoms with van der Waals surface area (Å²) in [6.45, 7) is 2.04. The zero-order valence-electron chi connectivity index (χ0n) is 15.5. The van der Waals surface area contributed by atoms with Crippen LogP contribution in [0.5, 0.6) is 5.75 Å². The first-order valence-corrected chi connectivity index (χ1v) is 9.63. The molecule has 0 radical (unpaired) electrons. The predicted octanol–water partition coefficient (Wildman–Crippen LogP) is 1.84. The van der Waals surface area contributed by atoms with E-state index in [2.05, 4.69) is 0 Å². The van der Waals surface area contributed by atoms with E-state index < -0.39 is 37.1 Å². The SMILES string of the molecule is CCOc1cccc(Cc2cc([C@@H]3O[C@H](CO)[C@@H](O)[C@H](O)[C@H]3O)ccc2Cl)c1. The van der Waals surface area contributed by atoms with Crippen LogP contribution in [0.1, 0.15) is 29.7 Å². The first kappa shape index (κ1) is 21.0. The molecule has 0 bridgehead atoms. The molecule has 1 fully saturated rings. The van der Waals surface area contributed by atoms with Gasteiger partial charge in [0.15, 0.2) is 0 Å². The topological polar surface area (TPSA) is 99.4 Å². The zero-order valence-corrected chi connectivity index (χ0v) is 16.3. The minimum atomic E-state index is -1.42. The molecule has 2 aromatic carbocycles. The van der Waals surface area contributed by atoms with Crippen LogP contribution in [0.3, 0.4) is 0 Å². The van der Waals surface area contributed by atoms with Crippen LogP contribution in [-0.4, -0.2) is 58.1 Å². The Morgan fingerprint density at radius 3 is 2.54 bits per heavy atom. The van der Waals surface area contributed by atoms with E-state index in [-0.39, 0.29) is 0 Å². The second-order valence-electron chi connectivity index (χ2n) is 6.86. The molecule has 1 saturated heterocycles. The third-order valence-electron chi connectivity index (χ3n) is 4.89. The molecule has 7 heteroatoms. The third-order valence-corrected chi connectivity index (χ3v) is 5.26. The van der Waals surface area contributed by atoms with E-state index in [0.717, 1.165) is 16.9 Å². The third kappa shape index (κ3) is 4.49. The van der Waals surface area contributed by atoms with Crippen molar-refractivity contribution in [1.29, 1.82) is 0 Å². The van der Waals surface area contributed by atoms with Crippen molar-refractivity contribution in [3.05, 3.63) is 64.2 Å². The lowest BCUT2D eigenvalue weighted by molar-refractivity contribution is -0.231. The highest BCUT2D eigenvalue weighted by Gasteiger charge is 2.43. The summed E-state index contributed by atoms with van der Waals surface area (Å²) in [5.74, 6) is 0.779. The average molecular weight is 409 g/mol. The van der Waals surface area contributed by atoms with Crippen LogP contribution >= 0.6 is 11.6 Å². The standard InChI is InChI=1S/C21H25ClO6/c1-2-27-15-5-3-4-12(9-15)8-14-10-13(6-7-16(14)22)21-20(26)19(25)18(24)17(11-23)28-21/h3-7,9-10,17-21,23-26H,2,8,11H2,1H3/t17-,18-,19+,20-,21+/m1/s1. The lowest BCUT2D eigenvalue weighted by Crippen LogP contribution is -2.55. The maximum absolute atomic E-state index is 10.4. The van der Waals surface area contributed by atoms with Gasteiger partial charge in [-0.3, -0.25) is 0 Å². The van der Waals surface area contributed by atoms with E-state index in [4.69, 9.17) is 21.1 Å². The van der Waals surface area contributed by atoms with Gasteiger partial charge in [-0.1, -0.05) is 35.9 Å². The normalized spacial score (nSPS) is 27.6. The summed E-state index contributed by atoms with van der Waals surface area (Å²) >= 11 is 6.37. The smallest absolute Gasteiger partial charge is 0.119 e. The van der Waals surface area contributed by atoms with Crippen LogP contribution in [0.2, 0.25) is 5.02 Å². The molecule has 4 N–H and O–H groups in total. The number of rotatable bonds is 6. The Hall–Kier alpha value is -1.67. The molecule has 1 heterocycles. The molecule has 0 aromatic heterocycles. The Morgan fingerprint density at radius 1 is 1.04 bits per heavy atom. The lowest BCUT2D eigenvalue weighted by atomic mass is 9.90. The van der Waals surface area contributed by atoms with Gasteiger partial charge in [0.25, 0.3) is 0 Å². The Bertz CT molecular complexity index is 796. The van der Waals surface area contributed by atoms with Gasteiger partial charge in [0.2, 0.25) is 0 Å². The van der Waals surface area contributed by atoms with Crippen LogP contribution in [0.15, 0.2) is 42.5 Å². The van der Waals surface area contributed by atoms with Gasteiger partial charge < -0.3 is 29.9 Å². The maximum Gasteiger partial charge on any atom is 0.119 e. The summed E-state index contributed by atoms with van der Waals surface area (Å²) in [6, 6.07) is 12.9. The molecule has 2 aromatic rings. The Kier molecular flexibility index (Phi) is 6.93. The molecule has 0 amide bonds. The first-order valence-electron chi connectivity index (χ1n) is 9.25. The van der Waals surface area contributed by atoms with Gasteiger partial charge in [-0.05, 0) is 48.2 Å². The highest BCUT2D eigenvalue weighted by Crippen LogP contribution is 2.34. The van der Waals surface area contributed by atoms with Crippen LogP contribution in [-0.2, 0) is 11.2 Å². The summed E-state index contributed by atoms with van der Waals surface area (Å²) < 4.78 is 11.2. The van der Waals surface area contributed by atoms with Gasteiger partial charge in [0, 0.05) is 5.02 Å². The molecule has 3 rings (SSSR count). The quantitative estimate of drug-likeness (QED) is 0.582. The number of benzene rings is 2. The number of aliphatic hydroxyl groups excluding tert-OH is 4. The summed E-state index contributed by atoms with van der Waals surface area (Å²) in [6.07, 6.45) is -5.42. The van der Waals surface area contributed by atoms with Crippen molar-refractivity contribution in [2.75, 3.05) is 13.2 Å². The molecular formula is C21H25ClO6. The van der Waals surface area contributed by atoms with Crippen LogP contribution < -0.4 is 4.74 Å².